The molecule has 24 heavy (non-hydrogen) atoms. The van der Waals surface area contributed by atoms with Crippen LogP contribution in [0, 0.1) is 0 Å². The predicted molar refractivity (Wildman–Crippen MR) is 98.6 cm³/mol. The van der Waals surface area contributed by atoms with Crippen LogP contribution in [-0.2, 0) is 19.6 Å². The Morgan fingerprint density at radius 3 is 2.42 bits per heavy atom. The summed E-state index contributed by atoms with van der Waals surface area (Å²) >= 11 is 1.04. The van der Waals surface area contributed by atoms with Gasteiger partial charge in [-0.05, 0) is 24.6 Å². The highest BCUT2D eigenvalue weighted by Crippen LogP contribution is 2.28. The van der Waals surface area contributed by atoms with Crippen molar-refractivity contribution in [2.75, 3.05) is 19.6 Å². The second-order valence-electron chi connectivity index (χ2n) is 5.36. The van der Waals surface area contributed by atoms with Gasteiger partial charge in [0.05, 0.1) is 19.3 Å². The van der Waals surface area contributed by atoms with Crippen molar-refractivity contribution in [1.29, 1.82) is 0 Å². The van der Waals surface area contributed by atoms with Gasteiger partial charge < -0.3 is 4.74 Å². The first-order valence-electron chi connectivity index (χ1n) is 6.92. The normalized spacial score (nSPS) is 15.4. The largest absolute Gasteiger partial charge is 0.497 e. The first-order valence-corrected chi connectivity index (χ1v) is 11.6. The van der Waals surface area contributed by atoms with E-state index in [0.717, 1.165) is 22.6 Å². The van der Waals surface area contributed by atoms with Crippen molar-refractivity contribution in [3.8, 4) is 5.75 Å². The molecule has 2 N–H and O–H groups in total. The molecule has 0 saturated heterocycles. The molecule has 132 valence electrons. The van der Waals surface area contributed by atoms with Crippen LogP contribution in [0.3, 0.4) is 0 Å². The molecule has 1 heterocycles. The van der Waals surface area contributed by atoms with Crippen molar-refractivity contribution in [3.63, 3.8) is 0 Å². The minimum Gasteiger partial charge on any atom is -0.497 e. The third-order valence-corrected chi connectivity index (χ3v) is 6.58. The van der Waals surface area contributed by atoms with Gasteiger partial charge in [0.15, 0.2) is 9.92 Å². The zero-order chi connectivity index (χ0) is 18.0. The van der Waals surface area contributed by atoms with Gasteiger partial charge in [-0.1, -0.05) is 23.5 Å². The summed E-state index contributed by atoms with van der Waals surface area (Å²) in [6.45, 7) is 1.80. The van der Waals surface area contributed by atoms with Crippen LogP contribution in [0.2, 0.25) is 0 Å². The van der Waals surface area contributed by atoms with Crippen molar-refractivity contribution in [3.05, 3.63) is 36.0 Å². The highest BCUT2D eigenvalue weighted by Gasteiger charge is 2.15. The molecular weight excluding hydrogens is 368 g/mol. The molecule has 7 nitrogen and oxygen atoms in total. The van der Waals surface area contributed by atoms with Crippen molar-refractivity contribution >= 4 is 36.0 Å². The summed E-state index contributed by atoms with van der Waals surface area (Å²) in [4.78, 5) is 4.03. The van der Waals surface area contributed by atoms with Crippen molar-refractivity contribution in [2.45, 2.75) is 17.3 Å². The van der Waals surface area contributed by atoms with Gasteiger partial charge in [0.1, 0.15) is 10.8 Å². The fourth-order valence-electron chi connectivity index (χ4n) is 1.87. The smallest absolute Gasteiger partial charge is 0.206 e. The number of hydrogen-bond donors (Lipinski definition) is 1. The monoisotopic (exact) mass is 388 g/mol. The average Bonchev–Trinajstić information content (AvgIpc) is 2.94. The lowest BCUT2D eigenvalue weighted by Gasteiger charge is -2.09. The summed E-state index contributed by atoms with van der Waals surface area (Å²) in [7, 11) is -3.88. The summed E-state index contributed by atoms with van der Waals surface area (Å²) in [6, 6.07) is 6.92. The molecule has 0 bridgehead atoms. The molecule has 1 aromatic carbocycles. The molecule has 0 aliphatic carbocycles. The number of ether oxygens (including phenoxy) is 1. The Bertz CT molecular complexity index is 942. The molecule has 2 rings (SSSR count). The van der Waals surface area contributed by atoms with Crippen molar-refractivity contribution in [1.82, 2.24) is 4.98 Å². The number of hydrogen-bond acceptors (Lipinski definition) is 7. The van der Waals surface area contributed by atoms with Crippen LogP contribution in [-0.4, -0.2) is 33.0 Å². The highest BCUT2D eigenvalue weighted by molar-refractivity contribution is 7.93. The SMILES string of the molecule is COc1ccc([C@H](C)N=S(N)(=O)c2ncc(N=S(C)(C)=O)s2)cc1. The van der Waals surface area contributed by atoms with Crippen LogP contribution >= 0.6 is 11.3 Å². The average molecular weight is 389 g/mol. The van der Waals surface area contributed by atoms with Gasteiger partial charge in [0.25, 0.3) is 0 Å². The van der Waals surface area contributed by atoms with Crippen LogP contribution in [0.5, 0.6) is 5.75 Å². The van der Waals surface area contributed by atoms with E-state index < -0.39 is 19.6 Å². The Balaban J connectivity index is 2.33. The molecule has 0 spiro atoms. The van der Waals surface area contributed by atoms with Crippen LogP contribution in [0.1, 0.15) is 18.5 Å². The van der Waals surface area contributed by atoms with Gasteiger partial charge in [0, 0.05) is 22.2 Å². The van der Waals surface area contributed by atoms with E-state index in [-0.39, 0.29) is 10.4 Å². The molecule has 2 aromatic rings. The summed E-state index contributed by atoms with van der Waals surface area (Å²) in [5, 5.41) is 6.30. The first kappa shape index (κ1) is 18.8. The van der Waals surface area contributed by atoms with Gasteiger partial charge in [0.2, 0.25) is 4.34 Å². The molecule has 0 amide bonds. The molecule has 0 aliphatic heterocycles. The third kappa shape index (κ3) is 5.00. The maximum atomic E-state index is 12.7. The second kappa shape index (κ2) is 7.18. The van der Waals surface area contributed by atoms with Gasteiger partial charge >= 0.3 is 0 Å². The maximum absolute atomic E-state index is 12.7. The molecule has 1 unspecified atom stereocenters. The molecule has 0 aliphatic rings. The van der Waals surface area contributed by atoms with Crippen LogP contribution in [0.15, 0.2) is 43.5 Å². The fourth-order valence-corrected chi connectivity index (χ4v) is 5.17. The van der Waals surface area contributed by atoms with Crippen LogP contribution in [0.25, 0.3) is 0 Å². The van der Waals surface area contributed by atoms with E-state index in [1.807, 2.05) is 12.1 Å². The molecule has 0 fully saturated rings. The molecule has 10 heteroatoms. The minimum atomic E-state index is -3.16. The third-order valence-electron chi connectivity index (χ3n) is 2.95. The van der Waals surface area contributed by atoms with Gasteiger partial charge in [-0.3, -0.25) is 0 Å². The van der Waals surface area contributed by atoms with Gasteiger partial charge in [-0.15, -0.1) is 0 Å². The van der Waals surface area contributed by atoms with E-state index in [2.05, 4.69) is 13.7 Å². The van der Waals surface area contributed by atoms with E-state index in [0.29, 0.717) is 5.00 Å². The maximum Gasteiger partial charge on any atom is 0.206 e. The lowest BCUT2D eigenvalue weighted by molar-refractivity contribution is 0.414. The van der Waals surface area contributed by atoms with Gasteiger partial charge in [-0.2, -0.15) is 4.36 Å². The van der Waals surface area contributed by atoms with Crippen molar-refractivity contribution in [2.24, 2.45) is 13.9 Å². The summed E-state index contributed by atoms with van der Waals surface area (Å²) in [5.74, 6) is 0.730. The summed E-state index contributed by atoms with van der Waals surface area (Å²) < 4.78 is 37.9. The van der Waals surface area contributed by atoms with E-state index in [4.69, 9.17) is 9.88 Å². The number of nitrogens with zero attached hydrogens (tertiary/aromatic N) is 3. The molecular formula is C14H20N4O3S3. The Kier molecular flexibility index (Phi) is 5.63. The minimum absolute atomic E-state index is 0.172. The molecule has 1 aromatic heterocycles. The predicted octanol–water partition coefficient (Wildman–Crippen LogP) is 2.97. The van der Waals surface area contributed by atoms with Crippen molar-refractivity contribution < 1.29 is 13.2 Å². The highest BCUT2D eigenvalue weighted by atomic mass is 32.2. The van der Waals surface area contributed by atoms with E-state index >= 15 is 0 Å². The van der Waals surface area contributed by atoms with Crippen LogP contribution in [0.4, 0.5) is 5.00 Å². The number of benzene rings is 1. The number of rotatable bonds is 5. The van der Waals surface area contributed by atoms with E-state index in [1.54, 1.807) is 26.2 Å². The lowest BCUT2D eigenvalue weighted by Crippen LogP contribution is -2.13. The zero-order valence-corrected chi connectivity index (χ0v) is 16.3. The number of methoxy groups -OCH3 is 1. The summed E-state index contributed by atoms with van der Waals surface area (Å²) in [6.07, 6.45) is 4.44. The number of thiazole rings is 1. The molecule has 2 atom stereocenters. The van der Waals surface area contributed by atoms with E-state index in [9.17, 15) is 8.42 Å². The first-order chi connectivity index (χ1) is 11.1. The lowest BCUT2D eigenvalue weighted by atomic mass is 10.1. The topological polar surface area (TPSA) is 107 Å². The number of aromatic nitrogens is 1. The van der Waals surface area contributed by atoms with Crippen LogP contribution < -0.4 is 9.88 Å². The second-order valence-corrected chi connectivity index (χ2v) is 10.9. The Morgan fingerprint density at radius 2 is 1.88 bits per heavy atom. The number of nitrogens with two attached hydrogens (primary N) is 1. The quantitative estimate of drug-likeness (QED) is 0.849. The van der Waals surface area contributed by atoms with Gasteiger partial charge in [-0.25, -0.2) is 22.9 Å². The standard InChI is InChI=1S/C14H20N4O3S3/c1-10(11-5-7-12(21-2)8-6-11)17-24(15,20)14-16-9-13(22-14)18-23(3,4)19/h5-10H,1-4H3,(H2,15,17,20)/t10-,24?/m0/s1. The molecule has 0 radical (unpaired) electrons. The summed E-state index contributed by atoms with van der Waals surface area (Å²) in [5.41, 5.74) is 0.862. The van der Waals surface area contributed by atoms with E-state index in [1.165, 1.54) is 18.7 Å². The Morgan fingerprint density at radius 1 is 1.25 bits per heavy atom. The zero-order valence-electron chi connectivity index (χ0n) is 13.8. The Labute approximate surface area is 146 Å². The molecule has 0 saturated carbocycles. The fraction of sp³-hybridized carbons (Fsp3) is 0.357. The Hall–Kier alpha value is -1.49.